The van der Waals surface area contributed by atoms with Crippen molar-refractivity contribution in [3.8, 4) is 0 Å². The molecule has 0 spiro atoms. The van der Waals surface area contributed by atoms with Crippen molar-refractivity contribution >= 4 is 49.3 Å². The molecule has 0 nitrogen and oxygen atoms in total. The van der Waals surface area contributed by atoms with Gasteiger partial charge in [0.15, 0.2) is 0 Å². The van der Waals surface area contributed by atoms with Crippen molar-refractivity contribution in [1.82, 2.24) is 0 Å². The largest absolute Gasteiger partial charge is 0.0786 e. The summed E-state index contributed by atoms with van der Waals surface area (Å²) in [6.45, 7) is 0. The molecule has 3 aromatic rings. The maximum Gasteiger partial charge on any atom is 0.0650 e. The maximum absolute atomic E-state index is 3.91. The topological polar surface area (TPSA) is 0 Å². The van der Waals surface area contributed by atoms with E-state index in [1.54, 1.807) is 0 Å². The minimum absolute atomic E-state index is 0.249. The molecule has 21 heavy (non-hydrogen) atoms. The van der Waals surface area contributed by atoms with Gasteiger partial charge in [0.25, 0.3) is 0 Å². The molecule has 3 aromatic carbocycles. The molecule has 0 fully saturated rings. The zero-order valence-corrected chi connectivity index (χ0v) is 15.2. The van der Waals surface area contributed by atoms with Crippen molar-refractivity contribution in [2.45, 2.75) is 17.7 Å². The predicted octanol–water partition coefficient (Wildman–Crippen LogP) is 6.03. The average Bonchev–Trinajstić information content (AvgIpc) is 2.93. The Balaban J connectivity index is 1.89. The van der Waals surface area contributed by atoms with Gasteiger partial charge in [-0.05, 0) is 80.6 Å². The van der Waals surface area contributed by atoms with E-state index in [1.807, 2.05) is 0 Å². The summed E-state index contributed by atoms with van der Waals surface area (Å²) < 4.78 is 1.27. The van der Waals surface area contributed by atoms with Crippen molar-refractivity contribution in [2.24, 2.45) is 0 Å². The third kappa shape index (κ3) is 2.33. The van der Waals surface area contributed by atoms with E-state index in [9.17, 15) is 0 Å². The van der Waals surface area contributed by atoms with E-state index in [-0.39, 0.29) is 4.83 Å². The van der Waals surface area contributed by atoms with Gasteiger partial charge in [-0.1, -0.05) is 58.4 Å². The van der Waals surface area contributed by atoms with Crippen LogP contribution in [0.3, 0.4) is 0 Å². The van der Waals surface area contributed by atoms with Gasteiger partial charge < -0.3 is 0 Å². The first-order chi connectivity index (χ1) is 10.2. The second-order valence-corrected chi connectivity index (χ2v) is 7.73. The van der Waals surface area contributed by atoms with Gasteiger partial charge in [0.2, 0.25) is 0 Å². The van der Waals surface area contributed by atoms with E-state index in [1.165, 1.54) is 49.4 Å². The van der Waals surface area contributed by atoms with Gasteiger partial charge in [-0.3, -0.25) is 0 Å². The molecule has 0 aromatic heterocycles. The highest BCUT2D eigenvalue weighted by molar-refractivity contribution is 14.1. The van der Waals surface area contributed by atoms with E-state index in [2.05, 4.69) is 93.1 Å². The van der Waals surface area contributed by atoms with Gasteiger partial charge in [-0.25, -0.2) is 0 Å². The molecule has 4 rings (SSSR count). The first-order valence-electron chi connectivity index (χ1n) is 7.17. The molecule has 0 N–H and O–H groups in total. The van der Waals surface area contributed by atoms with Gasteiger partial charge in [0.1, 0.15) is 0 Å². The fourth-order valence-electron chi connectivity index (χ4n) is 3.30. The van der Waals surface area contributed by atoms with E-state index in [4.69, 9.17) is 0 Å². The van der Waals surface area contributed by atoms with Crippen LogP contribution in [0.2, 0.25) is 0 Å². The third-order valence-electron chi connectivity index (χ3n) is 4.35. The number of hydrogen-bond acceptors (Lipinski definition) is 0. The highest BCUT2D eigenvalue weighted by atomic mass is 127. The van der Waals surface area contributed by atoms with Gasteiger partial charge in [0, 0.05) is 3.57 Å². The van der Waals surface area contributed by atoms with Gasteiger partial charge in [0.05, 0.1) is 4.83 Å². The molecular formula is C19H14BrI. The molecule has 0 heterocycles. The Morgan fingerprint density at radius 1 is 0.857 bits per heavy atom. The van der Waals surface area contributed by atoms with Crippen molar-refractivity contribution < 1.29 is 0 Å². The van der Waals surface area contributed by atoms with Crippen LogP contribution in [0, 0.1) is 3.57 Å². The Kier molecular flexibility index (Phi) is 3.54. The van der Waals surface area contributed by atoms with Crippen LogP contribution in [0.4, 0.5) is 0 Å². The molecule has 0 amide bonds. The maximum atomic E-state index is 3.91. The Morgan fingerprint density at radius 2 is 1.57 bits per heavy atom. The van der Waals surface area contributed by atoms with Crippen molar-refractivity contribution in [1.29, 1.82) is 0 Å². The Morgan fingerprint density at radius 3 is 2.33 bits per heavy atom. The number of halogens is 2. The minimum atomic E-state index is 0.249. The molecule has 1 unspecified atom stereocenters. The van der Waals surface area contributed by atoms with Crippen molar-refractivity contribution in [2.75, 3.05) is 0 Å². The van der Waals surface area contributed by atoms with Gasteiger partial charge in [-0.15, -0.1) is 0 Å². The molecule has 1 atom stereocenters. The summed E-state index contributed by atoms with van der Waals surface area (Å²) in [5.74, 6) is 0. The Labute approximate surface area is 146 Å². The first-order valence-corrected chi connectivity index (χ1v) is 9.16. The lowest BCUT2D eigenvalue weighted by Crippen LogP contribution is -1.95. The zero-order valence-electron chi connectivity index (χ0n) is 11.4. The summed E-state index contributed by atoms with van der Waals surface area (Å²) in [7, 11) is 0. The number of alkyl halides is 1. The van der Waals surface area contributed by atoms with Crippen LogP contribution in [-0.2, 0) is 12.8 Å². The lowest BCUT2D eigenvalue weighted by Gasteiger charge is -2.15. The van der Waals surface area contributed by atoms with Crippen LogP contribution in [0.25, 0.3) is 10.8 Å². The second-order valence-electron chi connectivity index (χ2n) is 5.57. The summed E-state index contributed by atoms with van der Waals surface area (Å²) >= 11 is 6.26. The summed E-state index contributed by atoms with van der Waals surface area (Å²) in [6.07, 6.45) is 2.37. The third-order valence-corrected chi connectivity index (χ3v) is 6.09. The monoisotopic (exact) mass is 448 g/mol. The minimum Gasteiger partial charge on any atom is -0.0786 e. The van der Waals surface area contributed by atoms with E-state index >= 15 is 0 Å². The van der Waals surface area contributed by atoms with Crippen LogP contribution in [0.5, 0.6) is 0 Å². The summed E-state index contributed by atoms with van der Waals surface area (Å²) in [5, 5.41) is 2.90. The molecular weight excluding hydrogens is 435 g/mol. The number of aryl methyl sites for hydroxylation is 2. The molecule has 1 aliphatic rings. The van der Waals surface area contributed by atoms with Crippen molar-refractivity contribution in [3.63, 3.8) is 0 Å². The van der Waals surface area contributed by atoms with E-state index < -0.39 is 0 Å². The number of hydrogen-bond donors (Lipinski definition) is 0. The molecule has 0 bridgehead atoms. The molecule has 2 heteroatoms. The number of benzene rings is 3. The van der Waals surface area contributed by atoms with Gasteiger partial charge >= 0.3 is 0 Å². The lowest BCUT2D eigenvalue weighted by atomic mass is 9.95. The number of rotatable bonds is 2. The van der Waals surface area contributed by atoms with Crippen LogP contribution < -0.4 is 0 Å². The molecule has 104 valence electrons. The average molecular weight is 449 g/mol. The fourth-order valence-corrected chi connectivity index (χ4v) is 4.37. The normalized spacial score (nSPS) is 14.6. The van der Waals surface area contributed by atoms with Crippen LogP contribution >= 0.6 is 38.5 Å². The predicted molar refractivity (Wildman–Crippen MR) is 101 cm³/mol. The van der Waals surface area contributed by atoms with E-state index in [0.717, 1.165) is 0 Å². The lowest BCUT2D eigenvalue weighted by molar-refractivity contribution is 1.02. The molecule has 0 saturated carbocycles. The highest BCUT2D eigenvalue weighted by Gasteiger charge is 2.19. The van der Waals surface area contributed by atoms with Crippen LogP contribution in [-0.4, -0.2) is 0 Å². The smallest absolute Gasteiger partial charge is 0.0650 e. The molecule has 0 saturated heterocycles. The quantitative estimate of drug-likeness (QED) is 0.331. The van der Waals surface area contributed by atoms with Crippen molar-refractivity contribution in [3.05, 3.63) is 80.4 Å². The molecule has 0 aliphatic heterocycles. The summed E-state index contributed by atoms with van der Waals surface area (Å²) in [6, 6.07) is 20.1. The van der Waals surface area contributed by atoms with Crippen LogP contribution in [0.1, 0.15) is 27.1 Å². The Hall–Kier alpha value is -0.870. The Bertz CT molecular complexity index is 811. The first kappa shape index (κ1) is 13.8. The highest BCUT2D eigenvalue weighted by Crippen LogP contribution is 2.39. The van der Waals surface area contributed by atoms with E-state index in [0.29, 0.717) is 0 Å². The standard InChI is InChI=1S/C19H14BrI/c20-19(14-6-9-15(21)10-7-14)17-11-8-13-5-4-12-2-1-3-16(17)18(12)13/h1-3,6-11,19H,4-5H2. The summed E-state index contributed by atoms with van der Waals surface area (Å²) in [5.41, 5.74) is 5.70. The zero-order chi connectivity index (χ0) is 14.4. The fraction of sp³-hybridized carbons (Fsp3) is 0.158. The SMILES string of the molecule is BrC(c1ccc(I)cc1)c1ccc2c3c(cccc13)CC2. The molecule has 1 aliphatic carbocycles. The van der Waals surface area contributed by atoms with Crippen LogP contribution in [0.15, 0.2) is 54.6 Å². The molecule has 0 radical (unpaired) electrons. The summed E-state index contributed by atoms with van der Waals surface area (Å²) in [4.78, 5) is 0.249. The second kappa shape index (κ2) is 5.40. The van der Waals surface area contributed by atoms with Gasteiger partial charge in [-0.2, -0.15) is 0 Å².